The van der Waals surface area contributed by atoms with E-state index in [9.17, 15) is 0 Å². The molecule has 0 amide bonds. The summed E-state index contributed by atoms with van der Waals surface area (Å²) in [7, 11) is 0. The fourth-order valence-electron chi connectivity index (χ4n) is 2.87. The summed E-state index contributed by atoms with van der Waals surface area (Å²) < 4.78 is 0.880. The van der Waals surface area contributed by atoms with E-state index in [0.717, 1.165) is 35.8 Å². The van der Waals surface area contributed by atoms with Crippen LogP contribution in [-0.4, -0.2) is 31.1 Å². The number of likely N-dealkylation sites (tertiary alicyclic amines) is 1. The molecule has 0 aliphatic carbocycles. The number of piperidine rings is 1. The molecule has 4 heteroatoms. The highest BCUT2D eigenvalue weighted by molar-refractivity contribution is 7.16. The summed E-state index contributed by atoms with van der Waals surface area (Å²) in [5, 5.41) is 3.50. The van der Waals surface area contributed by atoms with Gasteiger partial charge in [-0.15, -0.1) is 11.3 Å². The molecule has 2 nitrogen and oxygen atoms in total. The molecule has 0 saturated carbocycles. The molecule has 18 heavy (non-hydrogen) atoms. The number of hydrogen-bond acceptors (Lipinski definition) is 3. The van der Waals surface area contributed by atoms with Crippen molar-refractivity contribution >= 4 is 22.9 Å². The highest BCUT2D eigenvalue weighted by Gasteiger charge is 2.20. The molecule has 2 heterocycles. The van der Waals surface area contributed by atoms with Gasteiger partial charge in [-0.2, -0.15) is 0 Å². The molecule has 1 aliphatic rings. The van der Waals surface area contributed by atoms with Crippen LogP contribution in [0.3, 0.4) is 0 Å². The Hall–Kier alpha value is -0.0900. The van der Waals surface area contributed by atoms with E-state index in [1.807, 2.05) is 6.07 Å². The van der Waals surface area contributed by atoms with Crippen molar-refractivity contribution in [3.63, 3.8) is 0 Å². The van der Waals surface area contributed by atoms with Crippen molar-refractivity contribution in [1.29, 1.82) is 0 Å². The van der Waals surface area contributed by atoms with Crippen molar-refractivity contribution in [3.05, 3.63) is 21.3 Å². The molecular formula is C14H23ClN2S. The molecule has 2 unspecified atom stereocenters. The monoisotopic (exact) mass is 286 g/mol. The molecule has 0 bridgehead atoms. The van der Waals surface area contributed by atoms with Gasteiger partial charge in [0.25, 0.3) is 0 Å². The second-order valence-electron chi connectivity index (χ2n) is 5.59. The molecule has 0 radical (unpaired) electrons. The number of halogens is 1. The molecule has 1 N–H and O–H groups in total. The fourth-order valence-corrected chi connectivity index (χ4v) is 3.93. The van der Waals surface area contributed by atoms with Gasteiger partial charge in [0, 0.05) is 37.6 Å². The minimum Gasteiger partial charge on any atom is -0.311 e. The van der Waals surface area contributed by atoms with Gasteiger partial charge in [0.05, 0.1) is 4.34 Å². The van der Waals surface area contributed by atoms with Crippen LogP contribution in [0.15, 0.2) is 12.1 Å². The average Bonchev–Trinajstić information content (AvgIpc) is 2.69. The van der Waals surface area contributed by atoms with E-state index in [1.54, 1.807) is 11.3 Å². The second kappa shape index (κ2) is 6.90. The number of thiophene rings is 1. The first kappa shape index (κ1) is 14.3. The summed E-state index contributed by atoms with van der Waals surface area (Å²) in [5.41, 5.74) is 0. The first-order valence-corrected chi connectivity index (χ1v) is 8.00. The number of rotatable bonds is 5. The highest BCUT2D eigenvalue weighted by Crippen LogP contribution is 2.21. The van der Waals surface area contributed by atoms with Crippen LogP contribution in [0.4, 0.5) is 0 Å². The zero-order chi connectivity index (χ0) is 13.0. The minimum atomic E-state index is 0.852. The first-order valence-electron chi connectivity index (χ1n) is 6.80. The summed E-state index contributed by atoms with van der Waals surface area (Å²) in [6.07, 6.45) is 1.39. The smallest absolute Gasteiger partial charge is 0.0931 e. The van der Waals surface area contributed by atoms with Crippen LogP contribution >= 0.6 is 22.9 Å². The lowest BCUT2D eigenvalue weighted by Gasteiger charge is -2.34. The van der Waals surface area contributed by atoms with Crippen LogP contribution < -0.4 is 5.32 Å². The van der Waals surface area contributed by atoms with E-state index in [1.165, 1.54) is 24.4 Å². The van der Waals surface area contributed by atoms with Gasteiger partial charge in [-0.25, -0.2) is 0 Å². The van der Waals surface area contributed by atoms with E-state index in [2.05, 4.69) is 30.1 Å². The maximum atomic E-state index is 5.91. The minimum absolute atomic E-state index is 0.852. The molecule has 0 spiro atoms. The van der Waals surface area contributed by atoms with Gasteiger partial charge in [0.1, 0.15) is 0 Å². The van der Waals surface area contributed by atoms with E-state index in [4.69, 9.17) is 11.6 Å². The Morgan fingerprint density at radius 1 is 1.33 bits per heavy atom. The summed E-state index contributed by atoms with van der Waals surface area (Å²) in [6.45, 7) is 10.4. The molecule has 2 atom stereocenters. The van der Waals surface area contributed by atoms with Gasteiger partial charge in [-0.1, -0.05) is 25.4 Å². The zero-order valence-corrected chi connectivity index (χ0v) is 12.9. The molecule has 1 aromatic rings. The van der Waals surface area contributed by atoms with Crippen LogP contribution in [0.2, 0.25) is 4.34 Å². The molecular weight excluding hydrogens is 264 g/mol. The van der Waals surface area contributed by atoms with Crippen molar-refractivity contribution in [3.8, 4) is 0 Å². The lowest BCUT2D eigenvalue weighted by molar-refractivity contribution is 0.142. The van der Waals surface area contributed by atoms with Crippen LogP contribution in [0.25, 0.3) is 0 Å². The normalized spacial score (nSPS) is 25.5. The quantitative estimate of drug-likeness (QED) is 0.834. The third-order valence-corrected chi connectivity index (χ3v) is 4.71. The molecule has 1 saturated heterocycles. The van der Waals surface area contributed by atoms with E-state index < -0.39 is 0 Å². The van der Waals surface area contributed by atoms with Crippen molar-refractivity contribution in [2.75, 3.05) is 26.2 Å². The standard InChI is InChI=1S/C14H23ClN2S/c1-11-7-12(2)10-17(9-11)6-5-16-8-13-3-4-14(15)18-13/h3-4,11-12,16H,5-10H2,1-2H3. The third-order valence-electron chi connectivity index (χ3n) is 3.48. The molecule has 1 aromatic heterocycles. The van der Waals surface area contributed by atoms with Crippen LogP contribution in [-0.2, 0) is 6.54 Å². The van der Waals surface area contributed by atoms with E-state index in [-0.39, 0.29) is 0 Å². The Bertz CT molecular complexity index is 356. The van der Waals surface area contributed by atoms with Crippen LogP contribution in [0.1, 0.15) is 25.1 Å². The van der Waals surface area contributed by atoms with Gasteiger partial charge in [-0.05, 0) is 30.4 Å². The molecule has 0 aromatic carbocycles. The van der Waals surface area contributed by atoms with Gasteiger partial charge in [0.15, 0.2) is 0 Å². The van der Waals surface area contributed by atoms with Crippen LogP contribution in [0.5, 0.6) is 0 Å². The lowest BCUT2D eigenvalue weighted by Crippen LogP contribution is -2.41. The Morgan fingerprint density at radius 3 is 2.67 bits per heavy atom. The third kappa shape index (κ3) is 4.54. The number of nitrogens with one attached hydrogen (secondary N) is 1. The summed E-state index contributed by atoms with van der Waals surface area (Å²) in [5.74, 6) is 1.70. The highest BCUT2D eigenvalue weighted by atomic mass is 35.5. The molecule has 1 fully saturated rings. The second-order valence-corrected chi connectivity index (χ2v) is 7.39. The maximum Gasteiger partial charge on any atom is 0.0931 e. The topological polar surface area (TPSA) is 15.3 Å². The van der Waals surface area contributed by atoms with Gasteiger partial charge < -0.3 is 10.2 Å². The first-order chi connectivity index (χ1) is 8.63. The Balaban J connectivity index is 1.63. The number of nitrogens with zero attached hydrogens (tertiary/aromatic N) is 1. The SMILES string of the molecule is CC1CC(C)CN(CCNCc2ccc(Cl)s2)C1. The zero-order valence-electron chi connectivity index (χ0n) is 11.3. The van der Waals surface area contributed by atoms with Gasteiger partial charge in [0.2, 0.25) is 0 Å². The van der Waals surface area contributed by atoms with Crippen LogP contribution in [0, 0.1) is 11.8 Å². The molecule has 1 aliphatic heterocycles. The lowest BCUT2D eigenvalue weighted by atomic mass is 9.92. The maximum absolute atomic E-state index is 5.91. The largest absolute Gasteiger partial charge is 0.311 e. The Morgan fingerprint density at radius 2 is 2.06 bits per heavy atom. The van der Waals surface area contributed by atoms with Crippen molar-refractivity contribution in [2.24, 2.45) is 11.8 Å². The summed E-state index contributed by atoms with van der Waals surface area (Å²) >= 11 is 7.57. The molecule has 2 rings (SSSR count). The van der Waals surface area contributed by atoms with Gasteiger partial charge in [-0.3, -0.25) is 0 Å². The predicted octanol–water partition coefficient (Wildman–Crippen LogP) is 3.47. The van der Waals surface area contributed by atoms with E-state index in [0.29, 0.717) is 0 Å². The van der Waals surface area contributed by atoms with Crippen molar-refractivity contribution in [1.82, 2.24) is 10.2 Å². The number of hydrogen-bond donors (Lipinski definition) is 1. The van der Waals surface area contributed by atoms with E-state index >= 15 is 0 Å². The molecule has 102 valence electrons. The Kier molecular flexibility index (Phi) is 5.49. The average molecular weight is 287 g/mol. The summed E-state index contributed by atoms with van der Waals surface area (Å²) in [4.78, 5) is 3.91. The Labute approximate surface area is 119 Å². The van der Waals surface area contributed by atoms with Crippen molar-refractivity contribution < 1.29 is 0 Å². The summed E-state index contributed by atoms with van der Waals surface area (Å²) in [6, 6.07) is 4.07. The fraction of sp³-hybridized carbons (Fsp3) is 0.714. The van der Waals surface area contributed by atoms with Gasteiger partial charge >= 0.3 is 0 Å². The predicted molar refractivity (Wildman–Crippen MR) is 80.4 cm³/mol. The van der Waals surface area contributed by atoms with Crippen molar-refractivity contribution in [2.45, 2.75) is 26.8 Å².